The van der Waals surface area contributed by atoms with Crippen LogP contribution in [0, 0.1) is 0 Å². The second-order valence-electron chi connectivity index (χ2n) is 14.6. The van der Waals surface area contributed by atoms with Gasteiger partial charge < -0.3 is 39.9 Å². The highest BCUT2D eigenvalue weighted by atomic mass is 31.2. The van der Waals surface area contributed by atoms with Crippen molar-refractivity contribution < 1.29 is 63.1 Å². The molecule has 6 unspecified atom stereocenters. The summed E-state index contributed by atoms with van der Waals surface area (Å²) in [5, 5.41) is 50.0. The maximum Gasteiger partial charge on any atom is 0.472 e. The van der Waals surface area contributed by atoms with Gasteiger partial charge in [-0.25, -0.2) is 4.57 Å². The van der Waals surface area contributed by atoms with Gasteiger partial charge in [0.15, 0.2) is 6.10 Å². The number of unbranched alkanes of at least 4 members (excludes halogenated alkanes) is 14. The molecule has 0 aromatic carbocycles. The lowest BCUT2D eigenvalue weighted by Crippen LogP contribution is -2.64. The van der Waals surface area contributed by atoms with Gasteiger partial charge in [-0.2, -0.15) is 0 Å². The molecule has 57 heavy (non-hydrogen) atoms. The fourth-order valence-electron chi connectivity index (χ4n) is 6.00. The summed E-state index contributed by atoms with van der Waals surface area (Å²) in [7, 11) is -5.12. The molecule has 0 radical (unpaired) electrons. The molecule has 8 atom stereocenters. The highest BCUT2D eigenvalue weighted by Crippen LogP contribution is 2.47. The number of phosphoric ester groups is 1. The number of ether oxygens (including phenoxy) is 2. The van der Waals surface area contributed by atoms with Gasteiger partial charge in [-0.15, -0.1) is 0 Å². The van der Waals surface area contributed by atoms with Crippen molar-refractivity contribution in [1.29, 1.82) is 0 Å². The van der Waals surface area contributed by atoms with E-state index in [9.17, 15) is 44.6 Å². The van der Waals surface area contributed by atoms with Crippen molar-refractivity contribution in [3.05, 3.63) is 60.8 Å². The number of phosphoric acid groups is 1. The molecule has 14 heteroatoms. The summed E-state index contributed by atoms with van der Waals surface area (Å²) in [4.78, 5) is 35.6. The number of carbonyl (C=O) groups excluding carboxylic acids is 2. The van der Waals surface area contributed by atoms with E-state index < -0.39 is 75.7 Å². The van der Waals surface area contributed by atoms with Crippen LogP contribution in [0.1, 0.15) is 142 Å². The molecule has 0 spiro atoms. The van der Waals surface area contributed by atoms with E-state index in [2.05, 4.69) is 38.2 Å². The van der Waals surface area contributed by atoms with Crippen LogP contribution in [0.25, 0.3) is 0 Å². The fraction of sp³-hybridized carbons (Fsp3) is 0.721. The largest absolute Gasteiger partial charge is 0.472 e. The number of rotatable bonds is 33. The molecule has 1 aliphatic rings. The van der Waals surface area contributed by atoms with Crippen molar-refractivity contribution in [2.24, 2.45) is 0 Å². The number of allylic oxidation sites excluding steroid dienone is 10. The number of hydrogen-bond donors (Lipinski definition) is 6. The molecule has 0 saturated heterocycles. The van der Waals surface area contributed by atoms with Gasteiger partial charge in [0.2, 0.25) is 0 Å². The number of carbonyl (C=O) groups is 2. The Balaban J connectivity index is 2.53. The highest BCUT2D eigenvalue weighted by Gasteiger charge is 2.51. The van der Waals surface area contributed by atoms with Crippen molar-refractivity contribution >= 4 is 19.8 Å². The summed E-state index contributed by atoms with van der Waals surface area (Å²) in [6.07, 6.45) is 25.7. The summed E-state index contributed by atoms with van der Waals surface area (Å²) in [5.74, 6) is -1.14. The fourth-order valence-corrected chi connectivity index (χ4v) is 6.97. The van der Waals surface area contributed by atoms with Crippen LogP contribution in [0.2, 0.25) is 0 Å². The average Bonchev–Trinajstić information content (AvgIpc) is 3.19. The lowest BCUT2D eigenvalue weighted by molar-refractivity contribution is -0.220. The van der Waals surface area contributed by atoms with Gasteiger partial charge in [0.05, 0.1) is 6.61 Å². The van der Waals surface area contributed by atoms with Crippen LogP contribution in [0.4, 0.5) is 0 Å². The van der Waals surface area contributed by atoms with E-state index in [1.165, 1.54) is 25.7 Å². The quantitative estimate of drug-likeness (QED) is 0.0126. The SMILES string of the molecule is CC/C=C/C=C/C=C/C=C/CCCCCCCC(=O)OC[C@@H](COP(=O)(O)OC1C(O)C(O)C(O)[C@H](O)C1O)OC(=O)CCCCCCC/C=C/CCCCCC. The lowest BCUT2D eigenvalue weighted by Gasteiger charge is -2.41. The maximum atomic E-state index is 12.8. The van der Waals surface area contributed by atoms with Crippen LogP contribution in [-0.4, -0.2) is 98.3 Å². The molecule has 1 aliphatic carbocycles. The van der Waals surface area contributed by atoms with Crippen LogP contribution in [0.15, 0.2) is 60.8 Å². The van der Waals surface area contributed by atoms with Crippen molar-refractivity contribution in [3.8, 4) is 0 Å². The Morgan fingerprint density at radius 1 is 0.561 bits per heavy atom. The minimum absolute atomic E-state index is 0.0781. The molecule has 0 bridgehead atoms. The van der Waals surface area contributed by atoms with E-state index in [-0.39, 0.29) is 12.8 Å². The second kappa shape index (κ2) is 33.4. The Kier molecular flexibility index (Phi) is 30.8. The van der Waals surface area contributed by atoms with E-state index in [1.807, 2.05) is 36.5 Å². The van der Waals surface area contributed by atoms with Gasteiger partial charge in [0, 0.05) is 12.8 Å². The molecule has 328 valence electrons. The summed E-state index contributed by atoms with van der Waals surface area (Å²) in [6.45, 7) is 3.09. The third kappa shape index (κ3) is 26.3. The van der Waals surface area contributed by atoms with Crippen molar-refractivity contribution in [1.82, 2.24) is 0 Å². The predicted molar refractivity (Wildman–Crippen MR) is 221 cm³/mol. The Labute approximate surface area is 341 Å². The molecular formula is C43H73O13P. The second-order valence-corrected chi connectivity index (χ2v) is 16.0. The molecule has 0 heterocycles. The first-order valence-electron chi connectivity index (χ1n) is 21.1. The zero-order valence-electron chi connectivity index (χ0n) is 34.4. The Hall–Kier alpha value is -2.45. The van der Waals surface area contributed by atoms with Gasteiger partial charge in [-0.1, -0.05) is 132 Å². The van der Waals surface area contributed by atoms with Crippen molar-refractivity contribution in [2.45, 2.75) is 185 Å². The van der Waals surface area contributed by atoms with E-state index in [1.54, 1.807) is 0 Å². The third-order valence-electron chi connectivity index (χ3n) is 9.44. The Morgan fingerprint density at radius 3 is 1.58 bits per heavy atom. The lowest BCUT2D eigenvalue weighted by atomic mass is 9.85. The summed E-state index contributed by atoms with van der Waals surface area (Å²) >= 11 is 0. The summed E-state index contributed by atoms with van der Waals surface area (Å²) < 4.78 is 33.4. The van der Waals surface area contributed by atoms with E-state index in [4.69, 9.17) is 18.5 Å². The molecular weight excluding hydrogens is 755 g/mol. The summed E-state index contributed by atoms with van der Waals surface area (Å²) in [6, 6.07) is 0. The van der Waals surface area contributed by atoms with E-state index >= 15 is 0 Å². The van der Waals surface area contributed by atoms with Crippen LogP contribution in [0.5, 0.6) is 0 Å². The van der Waals surface area contributed by atoms with Gasteiger partial charge >= 0.3 is 19.8 Å². The van der Waals surface area contributed by atoms with Gasteiger partial charge in [-0.3, -0.25) is 18.6 Å². The first-order valence-corrected chi connectivity index (χ1v) is 22.6. The molecule has 0 aromatic heterocycles. The zero-order valence-corrected chi connectivity index (χ0v) is 35.3. The predicted octanol–water partition coefficient (Wildman–Crippen LogP) is 7.38. The van der Waals surface area contributed by atoms with Crippen LogP contribution in [0.3, 0.4) is 0 Å². The molecule has 0 aromatic rings. The van der Waals surface area contributed by atoms with Gasteiger partial charge in [0.25, 0.3) is 0 Å². The molecule has 1 saturated carbocycles. The molecule has 6 N–H and O–H groups in total. The van der Waals surface area contributed by atoms with Crippen molar-refractivity contribution in [3.63, 3.8) is 0 Å². The zero-order chi connectivity index (χ0) is 42.2. The topological polar surface area (TPSA) is 210 Å². The first kappa shape index (κ1) is 52.6. The Morgan fingerprint density at radius 2 is 1.02 bits per heavy atom. The highest BCUT2D eigenvalue weighted by molar-refractivity contribution is 7.47. The smallest absolute Gasteiger partial charge is 0.462 e. The summed E-state index contributed by atoms with van der Waals surface area (Å²) in [5.41, 5.74) is 0. The minimum Gasteiger partial charge on any atom is -0.462 e. The minimum atomic E-state index is -5.12. The molecule has 1 rings (SSSR count). The third-order valence-corrected chi connectivity index (χ3v) is 10.4. The first-order chi connectivity index (χ1) is 27.4. The standard InChI is InChI=1S/C43H73O13P/c1-3-5-7-9-11-13-15-17-18-20-21-23-25-27-29-31-36(44)53-33-35(34-54-57(51,52)56-43-41(49)39(47)38(46)40(48)42(43)50)55-37(45)32-30-28-26-24-22-19-16-14-12-10-8-6-4-2/h5,7,9,11,13-18,35,38-43,46-50H,3-4,6,8,10,12,19-34H2,1-2H3,(H,51,52)/b7-5+,11-9+,15-13+,16-14+,18-17+/t35-,38?,39-,40?,41?,42?,43?/m0/s1. The molecule has 0 amide bonds. The molecule has 0 aliphatic heterocycles. The van der Waals surface area contributed by atoms with Crippen molar-refractivity contribution in [2.75, 3.05) is 13.2 Å². The number of hydrogen-bond acceptors (Lipinski definition) is 12. The average molecular weight is 829 g/mol. The van der Waals surface area contributed by atoms with Crippen LogP contribution < -0.4 is 0 Å². The van der Waals surface area contributed by atoms with Crippen LogP contribution >= 0.6 is 7.82 Å². The number of aliphatic hydroxyl groups excluding tert-OH is 5. The molecule has 1 fully saturated rings. The normalized spacial score (nSPS) is 23.3. The molecule has 13 nitrogen and oxygen atoms in total. The maximum absolute atomic E-state index is 12.8. The monoisotopic (exact) mass is 828 g/mol. The van der Waals surface area contributed by atoms with E-state index in [0.29, 0.717) is 12.8 Å². The Bertz CT molecular complexity index is 1230. The van der Waals surface area contributed by atoms with Crippen LogP contribution in [-0.2, 0) is 32.7 Å². The van der Waals surface area contributed by atoms with E-state index in [0.717, 1.165) is 77.0 Å². The number of aliphatic hydroxyl groups is 5. The van der Waals surface area contributed by atoms with Gasteiger partial charge in [0.1, 0.15) is 43.2 Å². The van der Waals surface area contributed by atoms with Gasteiger partial charge in [-0.05, 0) is 57.8 Å². The number of esters is 2.